The average Bonchev–Trinajstić information content (AvgIpc) is 3.00. The summed E-state index contributed by atoms with van der Waals surface area (Å²) in [7, 11) is -3.12. The molecule has 0 radical (unpaired) electrons. The third kappa shape index (κ3) is 5.17. The van der Waals surface area contributed by atoms with Gasteiger partial charge >= 0.3 is 0 Å². The van der Waals surface area contributed by atoms with Crippen LogP contribution in [-0.2, 0) is 6.16 Å². The molecule has 6 rings (SSSR count). The molecule has 40 heavy (non-hydrogen) atoms. The number of halogens is 1. The third-order valence-corrected chi connectivity index (χ3v) is 33.0. The molecule has 6 heteroatoms. The lowest BCUT2D eigenvalue weighted by atomic mass is 9.44. The fourth-order valence-electron chi connectivity index (χ4n) is 9.62. The van der Waals surface area contributed by atoms with Crippen molar-refractivity contribution < 1.29 is 0 Å². The molecule has 0 aromatic heterocycles. The second kappa shape index (κ2) is 12.3. The van der Waals surface area contributed by atoms with Crippen molar-refractivity contribution >= 4 is 64.5 Å². The van der Waals surface area contributed by atoms with E-state index in [1.54, 1.807) is 21.6 Å². The predicted octanol–water partition coefficient (Wildman–Crippen LogP) is 9.27. The summed E-state index contributed by atoms with van der Waals surface area (Å²) in [6.07, 6.45) is 16.2. The van der Waals surface area contributed by atoms with Gasteiger partial charge in [0, 0.05) is 37.5 Å². The summed E-state index contributed by atoms with van der Waals surface area (Å²) < 4.78 is -0.850. The molecule has 1 aliphatic heterocycles. The van der Waals surface area contributed by atoms with E-state index < -0.39 is 32.7 Å². The van der Waals surface area contributed by atoms with E-state index in [-0.39, 0.29) is 0 Å². The number of benzene rings is 3. The third-order valence-electron chi connectivity index (χ3n) is 11.4. The largest absolute Gasteiger partial charge is 0.330 e. The van der Waals surface area contributed by atoms with Crippen LogP contribution < -0.4 is 16.1 Å². The molecule has 0 bridgehead atoms. The Hall–Kier alpha value is -0.440. The van der Waals surface area contributed by atoms with Gasteiger partial charge in [0.1, 0.15) is 6.04 Å². The normalized spacial score (nSPS) is 26.0. The first kappa shape index (κ1) is 29.6. The van der Waals surface area contributed by atoms with Crippen LogP contribution in [0.3, 0.4) is 0 Å². The maximum Gasteiger partial charge on any atom is 0.158 e. The Morgan fingerprint density at radius 3 is 1.60 bits per heavy atom. The smallest absolute Gasteiger partial charge is 0.158 e. The molecule has 0 spiro atoms. The first-order valence-electron chi connectivity index (χ1n) is 16.1. The summed E-state index contributed by atoms with van der Waals surface area (Å²) in [6.45, 7) is 8.09. The second-order valence-corrected chi connectivity index (χ2v) is 29.3. The molecular weight excluding hydrogens is 603 g/mol. The molecule has 2 saturated carbocycles. The van der Waals surface area contributed by atoms with E-state index in [2.05, 4.69) is 105 Å². The Morgan fingerprint density at radius 2 is 1.12 bits per heavy atom. The van der Waals surface area contributed by atoms with Gasteiger partial charge in [-0.2, -0.15) is 19.7 Å². The van der Waals surface area contributed by atoms with Crippen molar-refractivity contribution in [3.63, 3.8) is 0 Å². The van der Waals surface area contributed by atoms with Crippen LogP contribution in [0.1, 0.15) is 69.8 Å². The first-order chi connectivity index (χ1) is 19.4. The van der Waals surface area contributed by atoms with Crippen molar-refractivity contribution in [3.05, 3.63) is 90.5 Å². The zero-order valence-corrected chi connectivity index (χ0v) is 29.3. The Kier molecular flexibility index (Phi) is 9.09. The van der Waals surface area contributed by atoms with E-state index in [1.165, 1.54) is 70.4 Å². The molecule has 3 aliphatic rings. The van der Waals surface area contributed by atoms with Gasteiger partial charge in [-0.1, -0.05) is 108 Å². The summed E-state index contributed by atoms with van der Waals surface area (Å²) >= 11 is 4.98. The Labute approximate surface area is 255 Å². The first-order valence-corrected chi connectivity index (χ1v) is 24.0. The maximum atomic E-state index is 4.98. The molecule has 212 valence electrons. The van der Waals surface area contributed by atoms with E-state index in [1.807, 2.05) is 0 Å². The van der Waals surface area contributed by atoms with Crippen LogP contribution in [0, 0.1) is 0 Å². The Bertz CT molecular complexity index is 1210. The van der Waals surface area contributed by atoms with E-state index in [9.17, 15) is 0 Å². The van der Waals surface area contributed by atoms with Crippen molar-refractivity contribution in [3.8, 4) is 0 Å². The van der Waals surface area contributed by atoms with Crippen molar-refractivity contribution in [1.82, 2.24) is 0 Å². The minimum Gasteiger partial charge on any atom is -0.330 e. The quantitative estimate of drug-likeness (QED) is 0.184. The molecule has 2 atom stereocenters. The molecule has 2 aliphatic carbocycles. The van der Waals surface area contributed by atoms with Gasteiger partial charge in [-0.05, 0) is 56.9 Å². The highest BCUT2D eigenvalue weighted by molar-refractivity contribution is 9.33. The number of hydrogen-bond donors (Lipinski definition) is 0. The molecule has 2 fully saturated rings. The second-order valence-electron chi connectivity index (χ2n) is 14.1. The summed E-state index contributed by atoms with van der Waals surface area (Å²) in [5.74, 6) is 0. The van der Waals surface area contributed by atoms with Crippen LogP contribution in [0.2, 0.25) is 0 Å². The zero-order chi connectivity index (χ0) is 27.8. The van der Waals surface area contributed by atoms with Crippen LogP contribution >= 0.6 is 37.8 Å². The van der Waals surface area contributed by atoms with Crippen molar-refractivity contribution in [2.45, 2.75) is 81.7 Å². The predicted molar refractivity (Wildman–Crippen MR) is 196 cm³/mol. The van der Waals surface area contributed by atoms with Crippen LogP contribution in [0.5, 0.6) is 0 Å². The maximum absolute atomic E-state index is 4.98. The topological polar surface area (TPSA) is 0 Å². The lowest BCUT2D eigenvalue weighted by Gasteiger charge is -2.67. The van der Waals surface area contributed by atoms with Crippen molar-refractivity contribution in [2.24, 2.45) is 0 Å². The molecule has 3 aromatic rings. The Balaban J connectivity index is 1.71. The van der Waals surface area contributed by atoms with Gasteiger partial charge in [0.2, 0.25) is 0 Å². The standard InChI is InChI=1S/C34H48B2BrP3/c1-39(2,3)36(37)34-27-17-16-18-29(34)28-40(32-23-12-6-13-24-32,33-25-14-7-15-26-33)35(36)38(30-19-8-4-9-20-30)31-21-10-5-11-22-31/h4-5,8-11,16-22,27,32-33,35H,6-7,12-15,23-26,28H2,1-3H3/t35-,36-/m1/s1. The van der Waals surface area contributed by atoms with Crippen molar-refractivity contribution in [1.29, 1.82) is 0 Å². The summed E-state index contributed by atoms with van der Waals surface area (Å²) in [6, 6.07) is 33.2. The van der Waals surface area contributed by atoms with E-state index >= 15 is 0 Å². The lowest BCUT2D eigenvalue weighted by molar-refractivity contribution is 0.481. The molecule has 3 aromatic carbocycles. The molecule has 0 amide bonds. The van der Waals surface area contributed by atoms with Gasteiger partial charge in [-0.25, -0.2) is 7.80 Å². The molecule has 0 unspecified atom stereocenters. The number of rotatable bonds is 6. The van der Waals surface area contributed by atoms with Gasteiger partial charge < -0.3 is 15.8 Å². The number of hydrogen-bond acceptors (Lipinski definition) is 0. The Morgan fingerprint density at radius 1 is 0.675 bits per heavy atom. The fraction of sp³-hybridized carbons (Fsp3) is 0.471. The molecule has 0 nitrogen and oxygen atoms in total. The monoisotopic (exact) mass is 650 g/mol. The summed E-state index contributed by atoms with van der Waals surface area (Å²) in [5, 5.41) is 3.30. The minimum atomic E-state index is -1.37. The molecular formula is C34H48B2BrP3. The fourth-order valence-corrected chi connectivity index (χ4v) is 33.7. The summed E-state index contributed by atoms with van der Waals surface area (Å²) in [4.78, 5) is 0. The summed E-state index contributed by atoms with van der Waals surface area (Å²) in [5.41, 5.74) is 5.43. The van der Waals surface area contributed by atoms with Gasteiger partial charge in [0.25, 0.3) is 0 Å². The lowest BCUT2D eigenvalue weighted by Crippen LogP contribution is -2.65. The van der Waals surface area contributed by atoms with Crippen molar-refractivity contribution in [2.75, 3.05) is 20.0 Å². The van der Waals surface area contributed by atoms with Crippen LogP contribution in [0.25, 0.3) is 0 Å². The van der Waals surface area contributed by atoms with Gasteiger partial charge in [-0.15, -0.1) is 0 Å². The SMILES string of the molecule is C[P+](C)(C)[B@@-]1(Br)[B@H-](P(c2ccccc2)c2ccccc2)[P+](C2CCCCC2)(C2CCCCC2)Cc2ccccc21. The van der Waals surface area contributed by atoms with E-state index in [0.29, 0.717) is 0 Å². The molecule has 0 N–H and O–H groups in total. The zero-order valence-electron chi connectivity index (χ0n) is 25.0. The molecule has 0 saturated heterocycles. The van der Waals surface area contributed by atoms with Crippen LogP contribution in [0.4, 0.5) is 0 Å². The molecule has 1 heterocycles. The van der Waals surface area contributed by atoms with E-state index in [0.717, 1.165) is 11.3 Å². The van der Waals surface area contributed by atoms with Crippen LogP contribution in [0.15, 0.2) is 84.9 Å². The average molecular weight is 651 g/mol. The van der Waals surface area contributed by atoms with Crippen LogP contribution in [-0.4, -0.2) is 41.9 Å². The minimum absolute atomic E-state index is 0.442. The highest BCUT2D eigenvalue weighted by Crippen LogP contribution is 2.86. The van der Waals surface area contributed by atoms with Gasteiger partial charge in [-0.3, -0.25) is 0 Å². The highest BCUT2D eigenvalue weighted by atomic mass is 79.9. The van der Waals surface area contributed by atoms with Gasteiger partial charge in [0.05, 0.1) is 0 Å². The number of fused-ring (bicyclic) bond motifs is 1. The highest BCUT2D eigenvalue weighted by Gasteiger charge is 2.64. The van der Waals surface area contributed by atoms with Gasteiger partial charge in [0.15, 0.2) is 4.58 Å². The van der Waals surface area contributed by atoms with E-state index in [4.69, 9.17) is 15.8 Å².